The molecule has 1 atom stereocenters. The molecule has 1 aliphatic carbocycles. The molecule has 0 aromatic heterocycles. The van der Waals surface area contributed by atoms with Crippen LogP contribution in [0, 0.1) is 0 Å². The van der Waals surface area contributed by atoms with Gasteiger partial charge in [-0.1, -0.05) is 24.3 Å². The molecule has 76 valence electrons. The summed E-state index contributed by atoms with van der Waals surface area (Å²) < 4.78 is 0. The van der Waals surface area contributed by atoms with Gasteiger partial charge in [-0.05, 0) is 56.3 Å². The normalized spacial score (nSPS) is 20.5. The third kappa shape index (κ3) is 1.98. The lowest BCUT2D eigenvalue weighted by molar-refractivity contribution is 0.510. The minimum absolute atomic E-state index is 0.799. The lowest BCUT2D eigenvalue weighted by Crippen LogP contribution is -2.16. The van der Waals surface area contributed by atoms with Crippen molar-refractivity contribution in [1.82, 2.24) is 5.32 Å². The van der Waals surface area contributed by atoms with Crippen LogP contribution in [0.1, 0.15) is 36.3 Å². The zero-order chi connectivity index (χ0) is 9.80. The summed E-state index contributed by atoms with van der Waals surface area (Å²) in [6.45, 7) is 1.14. The highest BCUT2D eigenvalue weighted by Gasteiger charge is 2.18. The minimum Gasteiger partial charge on any atom is -0.320 e. The molecular weight excluding hydrogens is 170 g/mol. The van der Waals surface area contributed by atoms with Crippen molar-refractivity contribution < 1.29 is 0 Å². The first-order valence-corrected chi connectivity index (χ1v) is 5.64. The minimum atomic E-state index is 0.799. The van der Waals surface area contributed by atoms with Crippen molar-refractivity contribution in [1.29, 1.82) is 0 Å². The molecule has 1 heteroatoms. The van der Waals surface area contributed by atoms with Crippen LogP contribution in [-0.2, 0) is 6.42 Å². The molecule has 0 spiro atoms. The van der Waals surface area contributed by atoms with Crippen LogP contribution in [-0.4, -0.2) is 13.6 Å². The van der Waals surface area contributed by atoms with E-state index in [-0.39, 0.29) is 0 Å². The Kier molecular flexibility index (Phi) is 3.20. The number of nitrogens with one attached hydrogen (secondary N) is 1. The van der Waals surface area contributed by atoms with Gasteiger partial charge in [0.2, 0.25) is 0 Å². The fourth-order valence-electron chi connectivity index (χ4n) is 2.47. The number of hydrogen-bond acceptors (Lipinski definition) is 1. The van der Waals surface area contributed by atoms with Crippen LogP contribution >= 0.6 is 0 Å². The third-order valence-electron chi connectivity index (χ3n) is 3.24. The number of hydrogen-bond donors (Lipinski definition) is 1. The summed E-state index contributed by atoms with van der Waals surface area (Å²) in [6, 6.07) is 8.95. The average Bonchev–Trinajstić information content (AvgIpc) is 2.26. The summed E-state index contributed by atoms with van der Waals surface area (Å²) in [7, 11) is 2.04. The van der Waals surface area contributed by atoms with E-state index in [0.29, 0.717) is 0 Å². The van der Waals surface area contributed by atoms with E-state index in [1.165, 1.54) is 25.7 Å². The topological polar surface area (TPSA) is 12.0 Å². The van der Waals surface area contributed by atoms with Crippen molar-refractivity contribution in [3.05, 3.63) is 35.4 Å². The number of aryl methyl sites for hydroxylation is 1. The molecule has 0 fully saturated rings. The molecule has 1 aliphatic rings. The second kappa shape index (κ2) is 4.61. The Morgan fingerprint density at radius 3 is 3.07 bits per heavy atom. The highest BCUT2D eigenvalue weighted by Crippen LogP contribution is 2.33. The Balaban J connectivity index is 2.14. The Morgan fingerprint density at radius 2 is 2.21 bits per heavy atom. The van der Waals surface area contributed by atoms with Gasteiger partial charge in [-0.15, -0.1) is 0 Å². The predicted molar refractivity (Wildman–Crippen MR) is 60.7 cm³/mol. The second-order valence-electron chi connectivity index (χ2n) is 4.18. The van der Waals surface area contributed by atoms with Gasteiger partial charge in [0, 0.05) is 0 Å². The van der Waals surface area contributed by atoms with Gasteiger partial charge in [0.15, 0.2) is 0 Å². The summed E-state index contributed by atoms with van der Waals surface area (Å²) in [6.07, 6.45) is 5.31. The standard InChI is InChI=1S/C13H19N/c1-14-10-9-12-7-4-6-11-5-2-3-8-13(11)12/h2-3,5,8,12,14H,4,6-7,9-10H2,1H3. The lowest BCUT2D eigenvalue weighted by Gasteiger charge is -2.25. The van der Waals surface area contributed by atoms with E-state index >= 15 is 0 Å². The summed E-state index contributed by atoms with van der Waals surface area (Å²) in [4.78, 5) is 0. The molecule has 1 N–H and O–H groups in total. The Bertz CT molecular complexity index is 293. The number of benzene rings is 1. The van der Waals surface area contributed by atoms with Gasteiger partial charge in [-0.25, -0.2) is 0 Å². The largest absolute Gasteiger partial charge is 0.320 e. The fraction of sp³-hybridized carbons (Fsp3) is 0.538. The molecule has 0 aliphatic heterocycles. The predicted octanol–water partition coefficient (Wildman–Crippen LogP) is 2.72. The van der Waals surface area contributed by atoms with Gasteiger partial charge < -0.3 is 5.32 Å². The van der Waals surface area contributed by atoms with Crippen molar-refractivity contribution in [2.45, 2.75) is 31.6 Å². The lowest BCUT2D eigenvalue weighted by atomic mass is 9.81. The summed E-state index contributed by atoms with van der Waals surface area (Å²) in [5.41, 5.74) is 3.19. The maximum Gasteiger partial charge on any atom is -0.00461 e. The van der Waals surface area contributed by atoms with Crippen molar-refractivity contribution in [2.75, 3.05) is 13.6 Å². The van der Waals surface area contributed by atoms with E-state index in [9.17, 15) is 0 Å². The Labute approximate surface area is 86.5 Å². The van der Waals surface area contributed by atoms with Gasteiger partial charge in [-0.3, -0.25) is 0 Å². The van der Waals surface area contributed by atoms with Crippen LogP contribution in [0.25, 0.3) is 0 Å². The highest BCUT2D eigenvalue weighted by atomic mass is 14.8. The fourth-order valence-corrected chi connectivity index (χ4v) is 2.47. The average molecular weight is 189 g/mol. The third-order valence-corrected chi connectivity index (χ3v) is 3.24. The van der Waals surface area contributed by atoms with Crippen molar-refractivity contribution in [3.63, 3.8) is 0 Å². The molecule has 1 aromatic carbocycles. The molecule has 14 heavy (non-hydrogen) atoms. The van der Waals surface area contributed by atoms with Gasteiger partial charge in [0.05, 0.1) is 0 Å². The maximum atomic E-state index is 3.25. The van der Waals surface area contributed by atoms with Crippen LogP contribution < -0.4 is 5.32 Å². The summed E-state index contributed by atoms with van der Waals surface area (Å²) in [5, 5.41) is 3.25. The molecule has 0 radical (unpaired) electrons. The van der Waals surface area contributed by atoms with Crippen LogP contribution in [0.3, 0.4) is 0 Å². The zero-order valence-electron chi connectivity index (χ0n) is 8.92. The van der Waals surface area contributed by atoms with Crippen LogP contribution in [0.4, 0.5) is 0 Å². The van der Waals surface area contributed by atoms with Crippen LogP contribution in [0.15, 0.2) is 24.3 Å². The first kappa shape index (κ1) is 9.72. The van der Waals surface area contributed by atoms with E-state index in [1.54, 1.807) is 11.1 Å². The van der Waals surface area contributed by atoms with E-state index in [2.05, 4.69) is 29.6 Å². The smallest absolute Gasteiger partial charge is 0.00461 e. The first-order valence-electron chi connectivity index (χ1n) is 5.64. The van der Waals surface area contributed by atoms with Crippen LogP contribution in [0.2, 0.25) is 0 Å². The Hall–Kier alpha value is -0.820. The number of fused-ring (bicyclic) bond motifs is 1. The highest BCUT2D eigenvalue weighted by molar-refractivity contribution is 5.32. The van der Waals surface area contributed by atoms with E-state index in [0.717, 1.165) is 12.5 Å². The molecule has 1 unspecified atom stereocenters. The SMILES string of the molecule is CNCCC1CCCc2ccccc21. The summed E-state index contributed by atoms with van der Waals surface area (Å²) in [5.74, 6) is 0.799. The molecule has 0 heterocycles. The molecular formula is C13H19N. The van der Waals surface area contributed by atoms with Crippen LogP contribution in [0.5, 0.6) is 0 Å². The molecule has 2 rings (SSSR count). The summed E-state index contributed by atoms with van der Waals surface area (Å²) >= 11 is 0. The molecule has 1 aromatic rings. The molecule has 0 amide bonds. The van der Waals surface area contributed by atoms with Gasteiger partial charge in [-0.2, -0.15) is 0 Å². The second-order valence-corrected chi connectivity index (χ2v) is 4.18. The quantitative estimate of drug-likeness (QED) is 0.771. The van der Waals surface area contributed by atoms with Crippen molar-refractivity contribution in [3.8, 4) is 0 Å². The van der Waals surface area contributed by atoms with Gasteiger partial charge in [0.1, 0.15) is 0 Å². The van der Waals surface area contributed by atoms with Crippen molar-refractivity contribution >= 4 is 0 Å². The van der Waals surface area contributed by atoms with Crippen molar-refractivity contribution in [2.24, 2.45) is 0 Å². The number of rotatable bonds is 3. The molecule has 0 bridgehead atoms. The maximum absolute atomic E-state index is 3.25. The first-order chi connectivity index (χ1) is 6.92. The van der Waals surface area contributed by atoms with Gasteiger partial charge in [0.25, 0.3) is 0 Å². The molecule has 1 nitrogen and oxygen atoms in total. The van der Waals surface area contributed by atoms with Gasteiger partial charge >= 0.3 is 0 Å². The van der Waals surface area contributed by atoms with E-state index in [1.807, 2.05) is 7.05 Å². The van der Waals surface area contributed by atoms with E-state index in [4.69, 9.17) is 0 Å². The molecule has 0 saturated carbocycles. The zero-order valence-corrected chi connectivity index (χ0v) is 8.92. The van der Waals surface area contributed by atoms with E-state index < -0.39 is 0 Å². The molecule has 0 saturated heterocycles. The Morgan fingerprint density at radius 1 is 1.36 bits per heavy atom. The monoisotopic (exact) mass is 189 g/mol.